The molecule has 0 aliphatic carbocycles. The van der Waals surface area contributed by atoms with Crippen LogP contribution in [0.1, 0.15) is 125 Å². The summed E-state index contributed by atoms with van der Waals surface area (Å²) < 4.78 is 0. The third kappa shape index (κ3) is 6.34. The van der Waals surface area contributed by atoms with E-state index in [0.29, 0.717) is 0 Å². The van der Waals surface area contributed by atoms with Crippen molar-refractivity contribution in [2.75, 3.05) is 9.80 Å². The second kappa shape index (κ2) is 14.7. The second-order valence-corrected chi connectivity index (χ2v) is 20.9. The van der Waals surface area contributed by atoms with E-state index in [1.54, 1.807) is 0 Å². The van der Waals surface area contributed by atoms with Gasteiger partial charge in [0.15, 0.2) is 0 Å². The van der Waals surface area contributed by atoms with Crippen molar-refractivity contribution in [3.8, 4) is 0 Å². The molecule has 320 valence electrons. The van der Waals surface area contributed by atoms with Gasteiger partial charge in [0.2, 0.25) is 0 Å². The lowest BCUT2D eigenvalue weighted by Gasteiger charge is -2.42. The van der Waals surface area contributed by atoms with Crippen molar-refractivity contribution in [1.29, 1.82) is 0 Å². The van der Waals surface area contributed by atoms with Crippen LogP contribution in [0.15, 0.2) is 170 Å². The number of benzene rings is 6. The molecule has 64 heavy (non-hydrogen) atoms. The lowest BCUT2D eigenvalue weighted by molar-refractivity contribution is 0.588. The lowest BCUT2D eigenvalue weighted by Crippen LogP contribution is -2.34. The number of aromatic nitrogens is 3. The number of para-hydroxylation sites is 3. The van der Waals surface area contributed by atoms with Gasteiger partial charge in [-0.15, -0.1) is 0 Å². The Morgan fingerprint density at radius 3 is 1.41 bits per heavy atom. The predicted molar refractivity (Wildman–Crippen MR) is 266 cm³/mol. The summed E-state index contributed by atoms with van der Waals surface area (Å²) in [6.07, 6.45) is 1.99. The molecular weight excluding hydrogens is 779 g/mol. The van der Waals surface area contributed by atoms with Crippen LogP contribution in [0.4, 0.5) is 34.4 Å². The molecule has 0 fully saturated rings. The van der Waals surface area contributed by atoms with Crippen LogP contribution < -0.4 is 9.80 Å². The zero-order valence-corrected chi connectivity index (χ0v) is 39.0. The maximum atomic E-state index is 5.91. The molecule has 4 heterocycles. The van der Waals surface area contributed by atoms with E-state index in [9.17, 15) is 0 Å². The molecule has 0 amide bonds. The lowest BCUT2D eigenvalue weighted by atomic mass is 9.66. The van der Waals surface area contributed by atoms with Crippen LogP contribution in [0.25, 0.3) is 0 Å². The van der Waals surface area contributed by atoms with Crippen molar-refractivity contribution in [1.82, 2.24) is 15.2 Å². The van der Waals surface area contributed by atoms with Gasteiger partial charge in [0.1, 0.15) is 11.6 Å². The summed E-state index contributed by atoms with van der Waals surface area (Å²) in [7, 11) is 0. The smallest absolute Gasteiger partial charge is 0.137 e. The maximum Gasteiger partial charge on any atom is 0.137 e. The maximum absolute atomic E-state index is 5.91. The number of nitrogens with zero attached hydrogens (tertiary/aromatic N) is 4. The molecule has 0 spiro atoms. The molecular formula is C59H59N5. The van der Waals surface area contributed by atoms with Gasteiger partial charge in [-0.3, -0.25) is 14.9 Å². The van der Waals surface area contributed by atoms with Gasteiger partial charge in [0.05, 0.1) is 34.4 Å². The van der Waals surface area contributed by atoms with E-state index in [4.69, 9.17) is 4.98 Å². The first kappa shape index (κ1) is 41.3. The molecule has 10 rings (SSSR count). The Kier molecular flexibility index (Phi) is 9.47. The van der Waals surface area contributed by atoms with Crippen molar-refractivity contribution >= 4 is 34.4 Å². The molecule has 0 saturated heterocycles. The molecule has 2 aliphatic rings. The van der Waals surface area contributed by atoms with Crippen molar-refractivity contribution in [2.24, 2.45) is 0 Å². The average Bonchev–Trinajstić information content (AvgIpc) is 3.78. The summed E-state index contributed by atoms with van der Waals surface area (Å²) in [6.45, 7) is 23.0. The monoisotopic (exact) mass is 837 g/mol. The van der Waals surface area contributed by atoms with Crippen molar-refractivity contribution < 1.29 is 0 Å². The van der Waals surface area contributed by atoms with Gasteiger partial charge in [-0.25, -0.2) is 4.98 Å². The van der Waals surface area contributed by atoms with Crippen molar-refractivity contribution in [3.63, 3.8) is 0 Å². The van der Waals surface area contributed by atoms with Gasteiger partial charge in [-0.1, -0.05) is 191 Å². The molecule has 5 heteroatoms. The molecule has 0 atom stereocenters. The first-order valence-electron chi connectivity index (χ1n) is 22.7. The topological polar surface area (TPSA) is 48.1 Å². The number of pyridine rings is 1. The Hall–Kier alpha value is -6.72. The molecule has 2 aromatic heterocycles. The molecule has 0 saturated carbocycles. The van der Waals surface area contributed by atoms with Crippen molar-refractivity contribution in [2.45, 2.75) is 96.3 Å². The van der Waals surface area contributed by atoms with Crippen LogP contribution in [-0.4, -0.2) is 15.2 Å². The molecule has 0 radical (unpaired) electrons. The van der Waals surface area contributed by atoms with Gasteiger partial charge >= 0.3 is 0 Å². The Labute approximate surface area is 379 Å². The van der Waals surface area contributed by atoms with Crippen LogP contribution in [0.3, 0.4) is 0 Å². The first-order chi connectivity index (χ1) is 30.5. The molecule has 0 unspecified atom stereocenters. The predicted octanol–water partition coefficient (Wildman–Crippen LogP) is 15.0. The normalized spacial score (nSPS) is 15.2. The number of H-pyrrole nitrogens is 1. The van der Waals surface area contributed by atoms with E-state index in [2.05, 4.69) is 253 Å². The molecule has 2 aliphatic heterocycles. The average molecular weight is 838 g/mol. The van der Waals surface area contributed by atoms with Gasteiger partial charge in [0, 0.05) is 22.1 Å². The zero-order valence-electron chi connectivity index (χ0n) is 39.0. The van der Waals surface area contributed by atoms with Crippen LogP contribution in [-0.2, 0) is 27.1 Å². The fourth-order valence-corrected chi connectivity index (χ4v) is 10.6. The number of nitrogens with one attached hydrogen (secondary N) is 1. The highest BCUT2D eigenvalue weighted by atomic mass is 15.3. The minimum Gasteiger partial charge on any atom is -0.295 e. The Morgan fingerprint density at radius 1 is 0.438 bits per heavy atom. The summed E-state index contributed by atoms with van der Waals surface area (Å²) >= 11 is 0. The number of aromatic amines is 1. The van der Waals surface area contributed by atoms with Gasteiger partial charge in [-0.05, 0) is 97.8 Å². The van der Waals surface area contributed by atoms with Gasteiger partial charge in [-0.2, -0.15) is 5.10 Å². The van der Waals surface area contributed by atoms with E-state index >= 15 is 0 Å². The first-order valence-corrected chi connectivity index (χ1v) is 22.7. The zero-order chi connectivity index (χ0) is 44.8. The summed E-state index contributed by atoms with van der Waals surface area (Å²) in [5, 5.41) is 8.06. The van der Waals surface area contributed by atoms with Gasteiger partial charge < -0.3 is 0 Å². The third-order valence-corrected chi connectivity index (χ3v) is 14.2. The minimum atomic E-state index is -0.849. The molecule has 0 bridgehead atoms. The Balaban J connectivity index is 1.27. The highest BCUT2D eigenvalue weighted by Crippen LogP contribution is 2.54. The van der Waals surface area contributed by atoms with E-state index in [1.165, 1.54) is 27.8 Å². The highest BCUT2D eigenvalue weighted by molar-refractivity contribution is 5.86. The Morgan fingerprint density at radius 2 is 0.891 bits per heavy atom. The molecule has 5 nitrogen and oxygen atoms in total. The fraction of sp³-hybridized carbons (Fsp3) is 0.254. The quantitative estimate of drug-likeness (QED) is 0.170. The van der Waals surface area contributed by atoms with Crippen LogP contribution in [0, 0.1) is 0 Å². The standard InChI is InChI=1S/C59H59N5/c1-55(2,3)39-29-33-41(34-30-39)59(42-35-31-40(32-36-42)56(4,5)6,43-19-17-20-44(37-43)63-49-24-14-11-21-45(49)58(9,10)48-38-60-62-54(48)63)52-27-18-28-53(61-52)64-50-25-15-12-22-46(50)57(7,8)47-23-13-16-26-51(47)64/h11-38H,1-10H3,(H,60,62). The minimum absolute atomic E-state index is 0.0202. The number of hydrogen-bond donors (Lipinski definition) is 1. The third-order valence-electron chi connectivity index (χ3n) is 14.2. The van der Waals surface area contributed by atoms with E-state index in [1.807, 2.05) is 6.20 Å². The molecule has 8 aromatic rings. The van der Waals surface area contributed by atoms with E-state index < -0.39 is 5.41 Å². The number of hydrogen-bond acceptors (Lipinski definition) is 4. The summed E-state index contributed by atoms with van der Waals surface area (Å²) in [5.41, 5.74) is 15.1. The highest BCUT2D eigenvalue weighted by Gasteiger charge is 2.44. The Bertz CT molecular complexity index is 2920. The summed E-state index contributed by atoms with van der Waals surface area (Å²) in [6, 6.07) is 60.8. The second-order valence-electron chi connectivity index (χ2n) is 20.9. The van der Waals surface area contributed by atoms with Crippen LogP contribution >= 0.6 is 0 Å². The molecule has 1 N–H and O–H groups in total. The molecule has 6 aromatic carbocycles. The summed E-state index contributed by atoms with van der Waals surface area (Å²) in [4.78, 5) is 10.6. The van der Waals surface area contributed by atoms with Crippen molar-refractivity contribution in [3.05, 3.63) is 226 Å². The largest absolute Gasteiger partial charge is 0.295 e. The number of fused-ring (bicyclic) bond motifs is 4. The fourth-order valence-electron chi connectivity index (χ4n) is 10.6. The number of rotatable bonds is 6. The SMILES string of the molecule is CC(C)(C)c1ccc(C(c2ccc(C(C)(C)C)cc2)(c2cccc(N3c4ccccc4C(C)(C)c4cn[nH]c43)c2)c2cccc(N3c4ccccc4C(C)(C)c4ccccc43)n2)cc1. The van der Waals surface area contributed by atoms with Crippen LogP contribution in [0.5, 0.6) is 0 Å². The van der Waals surface area contributed by atoms with E-state index in [0.717, 1.165) is 62.3 Å². The van der Waals surface area contributed by atoms with E-state index in [-0.39, 0.29) is 21.7 Å². The summed E-state index contributed by atoms with van der Waals surface area (Å²) in [5.74, 6) is 1.86. The van der Waals surface area contributed by atoms with Crippen LogP contribution in [0.2, 0.25) is 0 Å². The number of anilines is 6. The van der Waals surface area contributed by atoms with Gasteiger partial charge in [0.25, 0.3) is 0 Å².